The van der Waals surface area contributed by atoms with E-state index in [0.717, 1.165) is 24.9 Å². The van der Waals surface area contributed by atoms with Crippen molar-refractivity contribution in [3.63, 3.8) is 0 Å². The summed E-state index contributed by atoms with van der Waals surface area (Å²) in [7, 11) is -3.63. The summed E-state index contributed by atoms with van der Waals surface area (Å²) in [5.41, 5.74) is 4.20. The zero-order valence-electron chi connectivity index (χ0n) is 20.4. The number of amides is 1. The van der Waals surface area contributed by atoms with E-state index in [-0.39, 0.29) is 21.8 Å². The van der Waals surface area contributed by atoms with Gasteiger partial charge in [0.05, 0.1) is 4.90 Å². The summed E-state index contributed by atoms with van der Waals surface area (Å²) in [5.74, 6) is -0.103. The van der Waals surface area contributed by atoms with E-state index < -0.39 is 10.0 Å². The van der Waals surface area contributed by atoms with E-state index in [4.69, 9.17) is 0 Å². The number of carbonyl (C=O) groups is 1. The molecule has 1 saturated heterocycles. The average molecular weight is 479 g/mol. The van der Waals surface area contributed by atoms with Crippen LogP contribution in [0.5, 0.6) is 0 Å². The maximum Gasteiger partial charge on any atom is 0.258 e. The minimum absolute atomic E-state index is 0.0240. The number of nitrogens with zero attached hydrogens (tertiary/aromatic N) is 2. The van der Waals surface area contributed by atoms with Gasteiger partial charge in [-0.25, -0.2) is 8.42 Å². The van der Waals surface area contributed by atoms with Gasteiger partial charge in [-0.3, -0.25) is 4.79 Å². The molecule has 34 heavy (non-hydrogen) atoms. The predicted octanol–water partition coefficient (Wildman–Crippen LogP) is 5.42. The Balaban J connectivity index is 1.33. The molecule has 6 rings (SSSR count). The van der Waals surface area contributed by atoms with Crippen molar-refractivity contribution in [1.82, 2.24) is 4.31 Å². The van der Waals surface area contributed by atoms with Crippen molar-refractivity contribution in [3.05, 3.63) is 59.2 Å². The molecule has 6 heteroatoms. The molecular formula is C28H34N2O3S. The van der Waals surface area contributed by atoms with Crippen molar-refractivity contribution in [2.75, 3.05) is 18.0 Å². The molecular weight excluding hydrogens is 444 g/mol. The molecule has 1 amide bonds. The molecule has 4 aliphatic rings. The second-order valence-corrected chi connectivity index (χ2v) is 13.7. The predicted molar refractivity (Wildman–Crippen MR) is 134 cm³/mol. The highest BCUT2D eigenvalue weighted by molar-refractivity contribution is 7.89. The van der Waals surface area contributed by atoms with Crippen LogP contribution in [0.4, 0.5) is 5.69 Å². The first kappa shape index (κ1) is 22.3. The minimum Gasteiger partial charge on any atom is -0.307 e. The molecule has 3 fully saturated rings. The molecule has 0 N–H and O–H groups in total. The van der Waals surface area contributed by atoms with E-state index in [9.17, 15) is 13.2 Å². The highest BCUT2D eigenvalue weighted by Gasteiger charge is 2.53. The lowest BCUT2D eigenvalue weighted by Gasteiger charge is -2.46. The fourth-order valence-electron chi connectivity index (χ4n) is 6.50. The summed E-state index contributed by atoms with van der Waals surface area (Å²) in [6, 6.07) is 13.1. The molecule has 2 aromatic carbocycles. The topological polar surface area (TPSA) is 57.7 Å². The second kappa shape index (κ2) is 7.17. The van der Waals surface area contributed by atoms with E-state index >= 15 is 0 Å². The molecule has 2 spiro atoms. The van der Waals surface area contributed by atoms with Crippen LogP contribution >= 0.6 is 0 Å². The van der Waals surface area contributed by atoms with Crippen LogP contribution < -0.4 is 4.90 Å². The number of benzene rings is 2. The van der Waals surface area contributed by atoms with Gasteiger partial charge in [-0.15, -0.1) is 0 Å². The standard InChI is InChI=1S/C28H34N2O3S/c1-20-7-8-24-23(17-20)28(13-11-27(9-10-27)12-14-28)19-29(24)25(31)21-5-4-6-22(18-21)34(32,33)30-16-15-26(30,2)3/h4-8,17-18H,9-16,19H2,1-3H3. The minimum atomic E-state index is -3.63. The van der Waals surface area contributed by atoms with Crippen molar-refractivity contribution in [3.8, 4) is 0 Å². The molecule has 2 aromatic rings. The Morgan fingerprint density at radius 1 is 0.912 bits per heavy atom. The zero-order valence-corrected chi connectivity index (χ0v) is 21.2. The van der Waals surface area contributed by atoms with Gasteiger partial charge in [-0.1, -0.05) is 23.8 Å². The van der Waals surface area contributed by atoms with E-state index in [1.807, 2.05) is 18.7 Å². The van der Waals surface area contributed by atoms with Crippen LogP contribution in [0.15, 0.2) is 47.4 Å². The van der Waals surface area contributed by atoms with Gasteiger partial charge in [0.15, 0.2) is 0 Å². The molecule has 180 valence electrons. The molecule has 2 aliphatic heterocycles. The normalized spacial score (nSPS) is 24.1. The first-order valence-corrected chi connectivity index (χ1v) is 14.1. The third-order valence-corrected chi connectivity index (χ3v) is 11.3. The van der Waals surface area contributed by atoms with Crippen molar-refractivity contribution in [2.45, 2.75) is 81.6 Å². The first-order valence-electron chi connectivity index (χ1n) is 12.6. The van der Waals surface area contributed by atoms with Gasteiger partial charge in [0, 0.05) is 35.3 Å². The Kier molecular flexibility index (Phi) is 4.70. The van der Waals surface area contributed by atoms with Crippen molar-refractivity contribution in [1.29, 1.82) is 0 Å². The first-order chi connectivity index (χ1) is 16.1. The largest absolute Gasteiger partial charge is 0.307 e. The Bertz CT molecular complexity index is 1280. The van der Waals surface area contributed by atoms with E-state index in [0.29, 0.717) is 24.1 Å². The van der Waals surface area contributed by atoms with Crippen LogP contribution in [0.3, 0.4) is 0 Å². The molecule has 2 heterocycles. The lowest BCUT2D eigenvalue weighted by Crippen LogP contribution is -2.58. The smallest absolute Gasteiger partial charge is 0.258 e. The second-order valence-electron chi connectivity index (χ2n) is 11.9. The molecule has 2 saturated carbocycles. The molecule has 2 aliphatic carbocycles. The fraction of sp³-hybridized carbons (Fsp3) is 0.536. The number of hydrogen-bond donors (Lipinski definition) is 0. The zero-order chi connectivity index (χ0) is 23.9. The van der Waals surface area contributed by atoms with Crippen LogP contribution in [-0.4, -0.2) is 37.3 Å². The fourth-order valence-corrected chi connectivity index (χ4v) is 8.35. The van der Waals surface area contributed by atoms with Gasteiger partial charge < -0.3 is 4.90 Å². The quantitative estimate of drug-likeness (QED) is 0.592. The third-order valence-electron chi connectivity index (χ3n) is 9.22. The Labute approximate surface area is 203 Å². The van der Waals surface area contributed by atoms with Gasteiger partial charge in [0.2, 0.25) is 10.0 Å². The number of carbonyl (C=O) groups excluding carboxylic acids is 1. The summed E-state index contributed by atoms with van der Waals surface area (Å²) in [6.07, 6.45) is 8.34. The lowest BCUT2D eigenvalue weighted by molar-refractivity contribution is 0.0980. The van der Waals surface area contributed by atoms with Gasteiger partial charge in [0.25, 0.3) is 5.91 Å². The van der Waals surface area contributed by atoms with Crippen molar-refractivity contribution < 1.29 is 13.2 Å². The summed E-state index contributed by atoms with van der Waals surface area (Å²) < 4.78 is 28.1. The number of aryl methyl sites for hydroxylation is 1. The lowest BCUT2D eigenvalue weighted by atomic mass is 9.66. The number of hydrogen-bond acceptors (Lipinski definition) is 3. The van der Waals surface area contributed by atoms with Crippen LogP contribution in [0.1, 0.15) is 80.3 Å². The van der Waals surface area contributed by atoms with Crippen LogP contribution in [-0.2, 0) is 15.4 Å². The number of fused-ring (bicyclic) bond motifs is 2. The summed E-state index contributed by atoms with van der Waals surface area (Å²) in [4.78, 5) is 16.0. The van der Waals surface area contributed by atoms with Gasteiger partial charge in [0.1, 0.15) is 0 Å². The molecule has 0 bridgehead atoms. The van der Waals surface area contributed by atoms with Crippen LogP contribution in [0, 0.1) is 12.3 Å². The Hall–Kier alpha value is -2.18. The van der Waals surface area contributed by atoms with Gasteiger partial charge in [-0.05, 0) is 101 Å². The van der Waals surface area contributed by atoms with E-state index in [1.165, 1.54) is 36.8 Å². The maximum absolute atomic E-state index is 13.8. The van der Waals surface area contributed by atoms with Crippen LogP contribution in [0.2, 0.25) is 0 Å². The number of anilines is 1. The molecule has 0 atom stereocenters. The molecule has 0 unspecified atom stereocenters. The molecule has 0 aromatic heterocycles. The summed E-state index contributed by atoms with van der Waals surface area (Å²) >= 11 is 0. The van der Waals surface area contributed by atoms with Gasteiger partial charge >= 0.3 is 0 Å². The highest BCUT2D eigenvalue weighted by Crippen LogP contribution is 2.62. The molecule has 5 nitrogen and oxygen atoms in total. The number of rotatable bonds is 3. The van der Waals surface area contributed by atoms with Crippen LogP contribution in [0.25, 0.3) is 0 Å². The molecule has 0 radical (unpaired) electrons. The van der Waals surface area contributed by atoms with E-state index in [2.05, 4.69) is 25.1 Å². The SMILES string of the molecule is Cc1ccc2c(c1)C1(CCC3(CC3)CC1)CN2C(=O)c1cccc(S(=O)(=O)N2CCC2(C)C)c1. The summed E-state index contributed by atoms with van der Waals surface area (Å²) in [5, 5.41) is 0. The Morgan fingerprint density at radius 2 is 1.62 bits per heavy atom. The maximum atomic E-state index is 13.8. The number of sulfonamides is 1. The van der Waals surface area contributed by atoms with Crippen molar-refractivity contribution >= 4 is 21.6 Å². The highest BCUT2D eigenvalue weighted by atomic mass is 32.2. The van der Waals surface area contributed by atoms with Gasteiger partial charge in [-0.2, -0.15) is 4.31 Å². The Morgan fingerprint density at radius 3 is 2.24 bits per heavy atom. The third kappa shape index (κ3) is 3.29. The van der Waals surface area contributed by atoms with Crippen molar-refractivity contribution in [2.24, 2.45) is 5.41 Å². The summed E-state index contributed by atoms with van der Waals surface area (Å²) in [6.45, 7) is 7.23. The average Bonchev–Trinajstić information content (AvgIpc) is 3.50. The van der Waals surface area contributed by atoms with E-state index in [1.54, 1.807) is 28.6 Å². The monoisotopic (exact) mass is 478 g/mol.